The summed E-state index contributed by atoms with van der Waals surface area (Å²) in [6, 6.07) is 26.5. The Kier molecular flexibility index (Phi) is 3.82. The number of furan rings is 1. The number of para-hydroxylation sites is 1. The second-order valence-corrected chi connectivity index (χ2v) is 7.55. The summed E-state index contributed by atoms with van der Waals surface area (Å²) in [5.74, 6) is 0.787. The van der Waals surface area contributed by atoms with Gasteiger partial charge in [-0.25, -0.2) is 0 Å². The number of nitrogens with two attached hydrogens (primary N) is 1. The normalized spacial score (nSPS) is 15.1. The standard InChI is InChI=1S/C25H20N2O/c26-16-19-8-4-9-21-22(17-6-2-1-3-7-17)24(28-23(19)21)18-10-12-20(13-11-18)25(27)14-5-15-25/h1-4,6-13H,5,14-15,27H2. The highest BCUT2D eigenvalue weighted by atomic mass is 16.3. The number of benzene rings is 3. The molecule has 136 valence electrons. The van der Waals surface area contributed by atoms with Gasteiger partial charge in [0.2, 0.25) is 0 Å². The van der Waals surface area contributed by atoms with Crippen molar-refractivity contribution in [3.8, 4) is 28.5 Å². The van der Waals surface area contributed by atoms with Gasteiger partial charge in [-0.15, -0.1) is 0 Å². The van der Waals surface area contributed by atoms with Crippen LogP contribution in [-0.4, -0.2) is 0 Å². The maximum absolute atomic E-state index is 9.51. The molecule has 0 atom stereocenters. The summed E-state index contributed by atoms with van der Waals surface area (Å²) < 4.78 is 6.27. The summed E-state index contributed by atoms with van der Waals surface area (Å²) in [6.45, 7) is 0. The number of nitrogens with zero attached hydrogens (tertiary/aromatic N) is 1. The number of fused-ring (bicyclic) bond motifs is 1. The molecule has 3 aromatic carbocycles. The van der Waals surface area contributed by atoms with Crippen molar-refractivity contribution in [3.63, 3.8) is 0 Å². The van der Waals surface area contributed by atoms with Crippen LogP contribution in [0.3, 0.4) is 0 Å². The summed E-state index contributed by atoms with van der Waals surface area (Å²) in [5, 5.41) is 10.5. The zero-order valence-corrected chi connectivity index (χ0v) is 15.5. The van der Waals surface area contributed by atoms with E-state index in [0.29, 0.717) is 11.1 Å². The Morgan fingerprint density at radius 2 is 1.61 bits per heavy atom. The van der Waals surface area contributed by atoms with E-state index in [-0.39, 0.29) is 5.54 Å². The minimum atomic E-state index is -0.178. The molecular weight excluding hydrogens is 344 g/mol. The molecule has 3 nitrogen and oxygen atoms in total. The monoisotopic (exact) mass is 364 g/mol. The van der Waals surface area contributed by atoms with Crippen LogP contribution in [0.15, 0.2) is 77.2 Å². The lowest BCUT2D eigenvalue weighted by Crippen LogP contribution is -2.43. The van der Waals surface area contributed by atoms with E-state index in [9.17, 15) is 5.26 Å². The van der Waals surface area contributed by atoms with Crippen LogP contribution in [0.1, 0.15) is 30.4 Å². The van der Waals surface area contributed by atoms with Gasteiger partial charge in [-0.3, -0.25) is 0 Å². The van der Waals surface area contributed by atoms with Gasteiger partial charge in [0, 0.05) is 22.1 Å². The average Bonchev–Trinajstić information content (AvgIpc) is 3.12. The molecule has 1 aliphatic rings. The topological polar surface area (TPSA) is 63.0 Å². The molecule has 1 heterocycles. The molecule has 0 aliphatic heterocycles. The fourth-order valence-electron chi connectivity index (χ4n) is 4.10. The lowest BCUT2D eigenvalue weighted by molar-refractivity contribution is 0.253. The highest BCUT2D eigenvalue weighted by molar-refractivity contribution is 6.03. The van der Waals surface area contributed by atoms with Crippen molar-refractivity contribution in [2.45, 2.75) is 24.8 Å². The molecule has 0 bridgehead atoms. The molecule has 0 radical (unpaired) electrons. The Hall–Kier alpha value is -3.35. The number of rotatable bonds is 3. The molecule has 0 amide bonds. The van der Waals surface area contributed by atoms with Crippen molar-refractivity contribution in [2.75, 3.05) is 0 Å². The predicted octanol–water partition coefficient (Wildman–Crippen LogP) is 5.98. The molecule has 4 aromatic rings. The quantitative estimate of drug-likeness (QED) is 0.486. The van der Waals surface area contributed by atoms with E-state index >= 15 is 0 Å². The average molecular weight is 364 g/mol. The summed E-state index contributed by atoms with van der Waals surface area (Å²) in [7, 11) is 0. The van der Waals surface area contributed by atoms with Gasteiger partial charge in [-0.2, -0.15) is 5.26 Å². The van der Waals surface area contributed by atoms with E-state index in [4.69, 9.17) is 10.2 Å². The molecule has 1 aliphatic carbocycles. The molecule has 5 rings (SSSR count). The number of nitriles is 1. The Morgan fingerprint density at radius 1 is 0.857 bits per heavy atom. The second kappa shape index (κ2) is 6.37. The molecular formula is C25H20N2O. The van der Waals surface area contributed by atoms with E-state index < -0.39 is 0 Å². The maximum atomic E-state index is 9.51. The molecule has 28 heavy (non-hydrogen) atoms. The first kappa shape index (κ1) is 16.8. The van der Waals surface area contributed by atoms with E-state index in [1.54, 1.807) is 6.07 Å². The van der Waals surface area contributed by atoms with Crippen LogP contribution >= 0.6 is 0 Å². The number of hydrogen-bond acceptors (Lipinski definition) is 3. The second-order valence-electron chi connectivity index (χ2n) is 7.55. The van der Waals surface area contributed by atoms with E-state index in [1.807, 2.05) is 30.3 Å². The van der Waals surface area contributed by atoms with Crippen molar-refractivity contribution in [3.05, 3.63) is 83.9 Å². The third-order valence-corrected chi connectivity index (χ3v) is 5.87. The van der Waals surface area contributed by atoms with Crippen LogP contribution in [0, 0.1) is 11.3 Å². The highest BCUT2D eigenvalue weighted by Crippen LogP contribution is 2.43. The first-order valence-corrected chi connectivity index (χ1v) is 9.60. The highest BCUT2D eigenvalue weighted by Gasteiger charge is 2.34. The number of hydrogen-bond donors (Lipinski definition) is 1. The van der Waals surface area contributed by atoms with Gasteiger partial charge >= 0.3 is 0 Å². The van der Waals surface area contributed by atoms with Crippen LogP contribution in [0.25, 0.3) is 33.4 Å². The Morgan fingerprint density at radius 3 is 2.25 bits per heavy atom. The largest absolute Gasteiger partial charge is 0.454 e. The lowest BCUT2D eigenvalue weighted by atomic mass is 9.72. The Balaban J connectivity index is 1.72. The lowest BCUT2D eigenvalue weighted by Gasteiger charge is -2.38. The zero-order chi connectivity index (χ0) is 19.1. The summed E-state index contributed by atoms with van der Waals surface area (Å²) in [5.41, 5.74) is 11.7. The van der Waals surface area contributed by atoms with E-state index in [2.05, 4.69) is 42.5 Å². The van der Waals surface area contributed by atoms with Crippen molar-refractivity contribution in [1.29, 1.82) is 5.26 Å². The van der Waals surface area contributed by atoms with Crippen LogP contribution < -0.4 is 5.73 Å². The molecule has 0 spiro atoms. The van der Waals surface area contributed by atoms with Gasteiger partial charge in [-0.1, -0.05) is 66.7 Å². The molecule has 0 saturated heterocycles. The van der Waals surface area contributed by atoms with Gasteiger partial charge in [0.05, 0.1) is 5.56 Å². The van der Waals surface area contributed by atoms with Crippen LogP contribution in [0.5, 0.6) is 0 Å². The minimum absolute atomic E-state index is 0.178. The smallest absolute Gasteiger partial charge is 0.153 e. The minimum Gasteiger partial charge on any atom is -0.454 e. The molecule has 1 saturated carbocycles. The summed E-state index contributed by atoms with van der Waals surface area (Å²) in [6.07, 6.45) is 3.27. The van der Waals surface area contributed by atoms with Gasteiger partial charge in [-0.05, 0) is 36.5 Å². The third kappa shape index (κ3) is 2.54. The molecule has 3 heteroatoms. The van der Waals surface area contributed by atoms with Crippen molar-refractivity contribution in [2.24, 2.45) is 5.73 Å². The SMILES string of the molecule is N#Cc1cccc2c(-c3ccccc3)c(-c3ccc(C4(N)CCC4)cc3)oc12. The van der Waals surface area contributed by atoms with Crippen LogP contribution in [0.4, 0.5) is 0 Å². The van der Waals surface area contributed by atoms with Gasteiger partial charge in [0.1, 0.15) is 11.8 Å². The van der Waals surface area contributed by atoms with Crippen LogP contribution in [-0.2, 0) is 5.54 Å². The molecule has 2 N–H and O–H groups in total. The molecule has 0 unspecified atom stereocenters. The third-order valence-electron chi connectivity index (χ3n) is 5.87. The maximum Gasteiger partial charge on any atom is 0.153 e. The molecule has 1 fully saturated rings. The van der Waals surface area contributed by atoms with Gasteiger partial charge < -0.3 is 10.2 Å². The van der Waals surface area contributed by atoms with Crippen molar-refractivity contribution in [1.82, 2.24) is 0 Å². The molecule has 1 aromatic heterocycles. The Labute approximate surface area is 164 Å². The van der Waals surface area contributed by atoms with E-state index in [1.165, 1.54) is 12.0 Å². The van der Waals surface area contributed by atoms with Crippen molar-refractivity contribution < 1.29 is 4.42 Å². The first-order valence-electron chi connectivity index (χ1n) is 9.60. The zero-order valence-electron chi connectivity index (χ0n) is 15.5. The predicted molar refractivity (Wildman–Crippen MR) is 112 cm³/mol. The first-order chi connectivity index (χ1) is 13.7. The summed E-state index contributed by atoms with van der Waals surface area (Å²) in [4.78, 5) is 0. The van der Waals surface area contributed by atoms with Gasteiger partial charge in [0.25, 0.3) is 0 Å². The summed E-state index contributed by atoms with van der Waals surface area (Å²) >= 11 is 0. The van der Waals surface area contributed by atoms with E-state index in [0.717, 1.165) is 40.7 Å². The Bertz CT molecular complexity index is 1190. The van der Waals surface area contributed by atoms with Gasteiger partial charge in [0.15, 0.2) is 5.58 Å². The van der Waals surface area contributed by atoms with Crippen molar-refractivity contribution >= 4 is 11.0 Å². The fourth-order valence-corrected chi connectivity index (χ4v) is 4.10. The van der Waals surface area contributed by atoms with Crippen LogP contribution in [0.2, 0.25) is 0 Å². The fraction of sp³-hybridized carbons (Fsp3) is 0.160.